The molecule has 4 rings (SSSR count). The van der Waals surface area contributed by atoms with Crippen LogP contribution in [0.2, 0.25) is 0 Å². The van der Waals surface area contributed by atoms with Crippen LogP contribution in [0.15, 0.2) is 30.5 Å². The Morgan fingerprint density at radius 3 is 2.65 bits per heavy atom. The second-order valence-electron chi connectivity index (χ2n) is 8.24. The highest BCUT2D eigenvalue weighted by Crippen LogP contribution is 2.30. The standard InChI is InChI=1S/C21H30N4O/c1-16-5-7-17(8-6-16)20-18(13-22-23-20)14-24-12-9-21(2,26)19(15-24)25-10-3-4-11-25/h5-8,13,19,26H,3-4,9-12,14-15H2,1-2H3,(H,22,23). The summed E-state index contributed by atoms with van der Waals surface area (Å²) in [5.74, 6) is 0. The van der Waals surface area contributed by atoms with Crippen molar-refractivity contribution in [1.29, 1.82) is 0 Å². The number of hydrogen-bond acceptors (Lipinski definition) is 4. The van der Waals surface area contributed by atoms with Crippen molar-refractivity contribution in [3.63, 3.8) is 0 Å². The van der Waals surface area contributed by atoms with Crippen LogP contribution in [0.4, 0.5) is 0 Å². The number of benzene rings is 1. The van der Waals surface area contributed by atoms with E-state index in [4.69, 9.17) is 0 Å². The minimum atomic E-state index is -0.586. The van der Waals surface area contributed by atoms with Gasteiger partial charge in [0.05, 0.1) is 23.5 Å². The van der Waals surface area contributed by atoms with Gasteiger partial charge in [0.2, 0.25) is 0 Å². The number of likely N-dealkylation sites (tertiary alicyclic amines) is 2. The Hall–Kier alpha value is -1.69. The van der Waals surface area contributed by atoms with E-state index < -0.39 is 5.60 Å². The van der Waals surface area contributed by atoms with Crippen LogP contribution in [0.5, 0.6) is 0 Å². The second-order valence-corrected chi connectivity index (χ2v) is 8.24. The first-order valence-electron chi connectivity index (χ1n) is 9.81. The van der Waals surface area contributed by atoms with Gasteiger partial charge < -0.3 is 5.11 Å². The van der Waals surface area contributed by atoms with Crippen LogP contribution in [0.1, 0.15) is 37.3 Å². The van der Waals surface area contributed by atoms with Crippen LogP contribution in [-0.4, -0.2) is 62.9 Å². The maximum atomic E-state index is 10.9. The maximum absolute atomic E-state index is 10.9. The highest BCUT2D eigenvalue weighted by Gasteiger charge is 2.41. The first kappa shape index (κ1) is 17.7. The molecule has 5 heteroatoms. The van der Waals surface area contributed by atoms with Crippen molar-refractivity contribution in [2.45, 2.75) is 51.3 Å². The minimum absolute atomic E-state index is 0.230. The number of aromatic nitrogens is 2. The number of aliphatic hydroxyl groups is 1. The zero-order valence-corrected chi connectivity index (χ0v) is 15.9. The van der Waals surface area contributed by atoms with Crippen LogP contribution in [0, 0.1) is 6.92 Å². The van der Waals surface area contributed by atoms with E-state index in [1.54, 1.807) is 0 Å². The third-order valence-electron chi connectivity index (χ3n) is 6.12. The summed E-state index contributed by atoms with van der Waals surface area (Å²) >= 11 is 0. The highest BCUT2D eigenvalue weighted by atomic mass is 16.3. The molecule has 26 heavy (non-hydrogen) atoms. The average Bonchev–Trinajstić information content (AvgIpc) is 3.29. The topological polar surface area (TPSA) is 55.4 Å². The smallest absolute Gasteiger partial charge is 0.0798 e. The van der Waals surface area contributed by atoms with E-state index in [1.165, 1.54) is 29.5 Å². The summed E-state index contributed by atoms with van der Waals surface area (Å²) < 4.78 is 0. The Labute approximate surface area is 156 Å². The summed E-state index contributed by atoms with van der Waals surface area (Å²) in [5.41, 5.74) is 4.21. The molecule has 2 saturated heterocycles. The lowest BCUT2D eigenvalue weighted by Crippen LogP contribution is -2.60. The lowest BCUT2D eigenvalue weighted by atomic mass is 9.87. The number of rotatable bonds is 4. The zero-order valence-electron chi connectivity index (χ0n) is 15.9. The molecule has 0 amide bonds. The molecule has 1 aromatic carbocycles. The number of aryl methyl sites for hydroxylation is 1. The van der Waals surface area contributed by atoms with Gasteiger partial charge in [0.1, 0.15) is 0 Å². The van der Waals surface area contributed by atoms with Crippen molar-refractivity contribution in [3.8, 4) is 11.3 Å². The van der Waals surface area contributed by atoms with E-state index >= 15 is 0 Å². The molecule has 0 aliphatic carbocycles. The van der Waals surface area contributed by atoms with Gasteiger partial charge >= 0.3 is 0 Å². The first-order valence-corrected chi connectivity index (χ1v) is 9.81. The van der Waals surface area contributed by atoms with E-state index in [0.29, 0.717) is 0 Å². The van der Waals surface area contributed by atoms with Crippen LogP contribution in [-0.2, 0) is 6.54 Å². The average molecular weight is 354 g/mol. The van der Waals surface area contributed by atoms with Gasteiger partial charge in [-0.1, -0.05) is 29.8 Å². The fourth-order valence-electron chi connectivity index (χ4n) is 4.43. The van der Waals surface area contributed by atoms with Gasteiger partial charge in [0.15, 0.2) is 0 Å². The number of H-pyrrole nitrogens is 1. The molecule has 2 aliphatic heterocycles. The summed E-state index contributed by atoms with van der Waals surface area (Å²) in [5, 5.41) is 18.4. The number of aromatic amines is 1. The van der Waals surface area contributed by atoms with Gasteiger partial charge in [0, 0.05) is 25.2 Å². The number of nitrogens with zero attached hydrogens (tertiary/aromatic N) is 3. The molecule has 2 aliphatic rings. The summed E-state index contributed by atoms with van der Waals surface area (Å²) in [7, 11) is 0. The molecule has 1 aromatic heterocycles. The van der Waals surface area contributed by atoms with Crippen molar-refractivity contribution in [2.75, 3.05) is 26.2 Å². The Bertz CT molecular complexity index is 731. The monoisotopic (exact) mass is 354 g/mol. The molecule has 140 valence electrons. The van der Waals surface area contributed by atoms with Crippen molar-refractivity contribution in [3.05, 3.63) is 41.6 Å². The van der Waals surface area contributed by atoms with Gasteiger partial charge in [-0.2, -0.15) is 5.10 Å². The Morgan fingerprint density at radius 2 is 1.92 bits per heavy atom. The molecule has 2 aromatic rings. The SMILES string of the molecule is Cc1ccc(-c2[nH]ncc2CN2CCC(C)(O)C(N3CCCC3)C2)cc1. The second kappa shape index (κ2) is 7.14. The minimum Gasteiger partial charge on any atom is -0.388 e. The van der Waals surface area contributed by atoms with Gasteiger partial charge in [0.25, 0.3) is 0 Å². The molecular weight excluding hydrogens is 324 g/mol. The molecule has 2 unspecified atom stereocenters. The van der Waals surface area contributed by atoms with Gasteiger partial charge in [-0.05, 0) is 51.8 Å². The molecule has 2 atom stereocenters. The van der Waals surface area contributed by atoms with Crippen LogP contribution < -0.4 is 0 Å². The Kier molecular flexibility index (Phi) is 4.86. The zero-order chi connectivity index (χ0) is 18.1. The number of hydrogen-bond donors (Lipinski definition) is 2. The third kappa shape index (κ3) is 3.56. The molecule has 0 spiro atoms. The third-order valence-corrected chi connectivity index (χ3v) is 6.12. The van der Waals surface area contributed by atoms with E-state index in [2.05, 4.69) is 51.2 Å². The normalized spacial score (nSPS) is 27.9. The summed E-state index contributed by atoms with van der Waals surface area (Å²) in [6, 6.07) is 8.82. The van der Waals surface area contributed by atoms with Gasteiger partial charge in [-0.3, -0.25) is 14.9 Å². The largest absolute Gasteiger partial charge is 0.388 e. The molecule has 3 heterocycles. The molecule has 2 N–H and O–H groups in total. The fraction of sp³-hybridized carbons (Fsp3) is 0.571. The van der Waals surface area contributed by atoms with E-state index in [9.17, 15) is 5.11 Å². The van der Waals surface area contributed by atoms with E-state index in [0.717, 1.165) is 44.8 Å². The number of piperidine rings is 1. The molecule has 5 nitrogen and oxygen atoms in total. The van der Waals surface area contributed by atoms with Crippen molar-refractivity contribution >= 4 is 0 Å². The van der Waals surface area contributed by atoms with Gasteiger partial charge in [-0.15, -0.1) is 0 Å². The molecule has 0 radical (unpaired) electrons. The quantitative estimate of drug-likeness (QED) is 0.886. The van der Waals surface area contributed by atoms with Crippen molar-refractivity contribution < 1.29 is 5.11 Å². The Morgan fingerprint density at radius 1 is 1.19 bits per heavy atom. The molecular formula is C21H30N4O. The number of nitrogens with one attached hydrogen (secondary N) is 1. The maximum Gasteiger partial charge on any atom is 0.0798 e. The van der Waals surface area contributed by atoms with Crippen molar-refractivity contribution in [1.82, 2.24) is 20.0 Å². The van der Waals surface area contributed by atoms with Crippen LogP contribution >= 0.6 is 0 Å². The van der Waals surface area contributed by atoms with E-state index in [-0.39, 0.29) is 6.04 Å². The molecule has 2 fully saturated rings. The lowest BCUT2D eigenvalue weighted by molar-refractivity contribution is -0.0776. The fourth-order valence-corrected chi connectivity index (χ4v) is 4.43. The first-order chi connectivity index (χ1) is 12.5. The van der Waals surface area contributed by atoms with E-state index in [1.807, 2.05) is 13.1 Å². The predicted octanol–water partition coefficient (Wildman–Crippen LogP) is 2.81. The summed E-state index contributed by atoms with van der Waals surface area (Å²) in [6.07, 6.45) is 5.29. The lowest BCUT2D eigenvalue weighted by Gasteiger charge is -2.46. The molecule has 0 saturated carbocycles. The Balaban J connectivity index is 1.49. The van der Waals surface area contributed by atoms with Gasteiger partial charge in [-0.25, -0.2) is 0 Å². The van der Waals surface area contributed by atoms with Crippen LogP contribution in [0.25, 0.3) is 11.3 Å². The molecule has 0 bridgehead atoms. The highest BCUT2D eigenvalue weighted by molar-refractivity contribution is 5.62. The van der Waals surface area contributed by atoms with Crippen LogP contribution in [0.3, 0.4) is 0 Å². The predicted molar refractivity (Wildman–Crippen MR) is 104 cm³/mol. The van der Waals surface area contributed by atoms with Crippen molar-refractivity contribution in [2.24, 2.45) is 0 Å². The summed E-state index contributed by atoms with van der Waals surface area (Å²) in [4.78, 5) is 4.96. The summed E-state index contributed by atoms with van der Waals surface area (Å²) in [6.45, 7) is 9.09.